The summed E-state index contributed by atoms with van der Waals surface area (Å²) in [6.45, 7) is 3.57. The van der Waals surface area contributed by atoms with Crippen molar-refractivity contribution in [2.45, 2.75) is 20.0 Å². The molecule has 0 aliphatic rings. The summed E-state index contributed by atoms with van der Waals surface area (Å²) >= 11 is 1.31. The number of carbonyl (C=O) groups is 1. The number of nitrogens with one attached hydrogen (secondary N) is 1. The third-order valence-corrected chi connectivity index (χ3v) is 5.02. The summed E-state index contributed by atoms with van der Waals surface area (Å²) in [6, 6.07) is 15.5. The van der Waals surface area contributed by atoms with Gasteiger partial charge in [-0.25, -0.2) is 0 Å². The van der Waals surface area contributed by atoms with E-state index < -0.39 is 0 Å². The lowest BCUT2D eigenvalue weighted by Crippen LogP contribution is -2.17. The molecule has 27 heavy (non-hydrogen) atoms. The number of rotatable bonds is 7. The number of aryl methyl sites for hydroxylation is 1. The van der Waals surface area contributed by atoms with Crippen molar-refractivity contribution >= 4 is 22.9 Å². The van der Waals surface area contributed by atoms with Gasteiger partial charge in [-0.3, -0.25) is 9.69 Å². The van der Waals surface area contributed by atoms with E-state index in [4.69, 9.17) is 4.74 Å². The zero-order valence-electron chi connectivity index (χ0n) is 15.6. The standard InChI is InChI=1S/C20H22N4O2S/c1-14-6-4-5-7-15(14)12-24(2)13-18-22-23-20(27-18)19(25)21-16-8-10-17(26-3)11-9-16/h4-11H,12-13H2,1-3H3,(H,21,25). The molecule has 1 amide bonds. The lowest BCUT2D eigenvalue weighted by molar-refractivity contribution is 0.102. The van der Waals surface area contributed by atoms with Crippen LogP contribution in [0.2, 0.25) is 0 Å². The van der Waals surface area contributed by atoms with Crippen LogP contribution in [0.3, 0.4) is 0 Å². The van der Waals surface area contributed by atoms with Gasteiger partial charge < -0.3 is 10.1 Å². The minimum Gasteiger partial charge on any atom is -0.497 e. The molecule has 1 aromatic heterocycles. The molecule has 140 valence electrons. The Labute approximate surface area is 162 Å². The molecule has 0 radical (unpaired) electrons. The van der Waals surface area contributed by atoms with E-state index >= 15 is 0 Å². The van der Waals surface area contributed by atoms with Crippen LogP contribution in [0, 0.1) is 6.92 Å². The molecule has 3 rings (SSSR count). The number of aromatic nitrogens is 2. The van der Waals surface area contributed by atoms with E-state index in [1.807, 2.05) is 19.2 Å². The SMILES string of the molecule is COc1ccc(NC(=O)c2nnc(CN(C)Cc3ccccc3C)s2)cc1. The average molecular weight is 382 g/mol. The molecule has 2 aromatic carbocycles. The highest BCUT2D eigenvalue weighted by molar-refractivity contribution is 7.13. The zero-order chi connectivity index (χ0) is 19.2. The maximum absolute atomic E-state index is 12.4. The Hall–Kier alpha value is -2.77. The van der Waals surface area contributed by atoms with Crippen molar-refractivity contribution in [3.05, 3.63) is 69.7 Å². The van der Waals surface area contributed by atoms with Crippen LogP contribution in [-0.2, 0) is 13.1 Å². The van der Waals surface area contributed by atoms with E-state index in [2.05, 4.69) is 39.5 Å². The van der Waals surface area contributed by atoms with E-state index in [1.54, 1.807) is 31.4 Å². The number of ether oxygens (including phenoxy) is 1. The molecule has 0 saturated carbocycles. The van der Waals surface area contributed by atoms with Gasteiger partial charge in [-0.2, -0.15) is 0 Å². The Bertz CT molecular complexity index is 908. The smallest absolute Gasteiger partial charge is 0.286 e. The van der Waals surface area contributed by atoms with Gasteiger partial charge in [-0.15, -0.1) is 10.2 Å². The largest absolute Gasteiger partial charge is 0.497 e. The van der Waals surface area contributed by atoms with Crippen molar-refractivity contribution in [1.82, 2.24) is 15.1 Å². The molecule has 0 atom stereocenters. The van der Waals surface area contributed by atoms with Crippen LogP contribution in [-0.4, -0.2) is 35.2 Å². The summed E-state index contributed by atoms with van der Waals surface area (Å²) in [5.41, 5.74) is 3.23. The third kappa shape index (κ3) is 5.12. The summed E-state index contributed by atoms with van der Waals surface area (Å²) in [5, 5.41) is 12.2. The Morgan fingerprint density at radius 2 is 1.85 bits per heavy atom. The van der Waals surface area contributed by atoms with Crippen molar-refractivity contribution in [1.29, 1.82) is 0 Å². The quantitative estimate of drug-likeness (QED) is 0.674. The first-order valence-electron chi connectivity index (χ1n) is 8.56. The number of benzene rings is 2. The van der Waals surface area contributed by atoms with Gasteiger partial charge in [0.05, 0.1) is 13.7 Å². The molecule has 1 heterocycles. The van der Waals surface area contributed by atoms with E-state index in [1.165, 1.54) is 22.5 Å². The number of methoxy groups -OCH3 is 1. The number of nitrogens with zero attached hydrogens (tertiary/aromatic N) is 3. The second kappa shape index (κ2) is 8.75. The highest BCUT2D eigenvalue weighted by atomic mass is 32.1. The lowest BCUT2D eigenvalue weighted by Gasteiger charge is -2.16. The molecule has 0 spiro atoms. The van der Waals surface area contributed by atoms with Crippen molar-refractivity contribution in [3.8, 4) is 5.75 Å². The number of amides is 1. The maximum atomic E-state index is 12.4. The highest BCUT2D eigenvalue weighted by Crippen LogP contribution is 2.18. The van der Waals surface area contributed by atoms with Gasteiger partial charge in [0.25, 0.3) is 5.91 Å². The minimum atomic E-state index is -0.259. The number of hydrogen-bond donors (Lipinski definition) is 1. The van der Waals surface area contributed by atoms with Crippen LogP contribution < -0.4 is 10.1 Å². The number of carbonyl (C=O) groups excluding carboxylic acids is 1. The molecule has 7 heteroatoms. The summed E-state index contributed by atoms with van der Waals surface area (Å²) in [5.74, 6) is 0.480. The fraction of sp³-hybridized carbons (Fsp3) is 0.250. The van der Waals surface area contributed by atoms with Crippen LogP contribution in [0.1, 0.15) is 25.9 Å². The van der Waals surface area contributed by atoms with Crippen LogP contribution in [0.25, 0.3) is 0 Å². The molecule has 0 aliphatic heterocycles. The lowest BCUT2D eigenvalue weighted by atomic mass is 10.1. The van der Waals surface area contributed by atoms with E-state index in [-0.39, 0.29) is 5.91 Å². The van der Waals surface area contributed by atoms with Crippen LogP contribution >= 0.6 is 11.3 Å². The minimum absolute atomic E-state index is 0.259. The average Bonchev–Trinajstić information content (AvgIpc) is 3.13. The van der Waals surface area contributed by atoms with E-state index in [0.29, 0.717) is 17.2 Å². The van der Waals surface area contributed by atoms with Gasteiger partial charge in [-0.1, -0.05) is 35.6 Å². The van der Waals surface area contributed by atoms with Crippen LogP contribution in [0.5, 0.6) is 5.75 Å². The van der Waals surface area contributed by atoms with Gasteiger partial charge in [0.1, 0.15) is 10.8 Å². The van der Waals surface area contributed by atoms with Crippen LogP contribution in [0.4, 0.5) is 5.69 Å². The second-order valence-corrected chi connectivity index (χ2v) is 7.34. The first-order chi connectivity index (χ1) is 13.0. The Morgan fingerprint density at radius 3 is 2.56 bits per heavy atom. The van der Waals surface area contributed by atoms with Crippen molar-refractivity contribution in [3.63, 3.8) is 0 Å². The molecule has 6 nitrogen and oxygen atoms in total. The Kier molecular flexibility index (Phi) is 6.16. The fourth-order valence-electron chi connectivity index (χ4n) is 2.63. The van der Waals surface area contributed by atoms with Gasteiger partial charge >= 0.3 is 0 Å². The molecule has 0 aliphatic carbocycles. The predicted octanol–water partition coefficient (Wildman–Crippen LogP) is 3.74. The molecule has 0 bridgehead atoms. The highest BCUT2D eigenvalue weighted by Gasteiger charge is 2.14. The van der Waals surface area contributed by atoms with E-state index in [0.717, 1.165) is 17.3 Å². The van der Waals surface area contributed by atoms with Crippen molar-refractivity contribution in [2.24, 2.45) is 0 Å². The molecule has 0 unspecified atom stereocenters. The number of hydrogen-bond acceptors (Lipinski definition) is 6. The van der Waals surface area contributed by atoms with Crippen molar-refractivity contribution in [2.75, 3.05) is 19.5 Å². The Balaban J connectivity index is 1.58. The molecular weight excluding hydrogens is 360 g/mol. The first-order valence-corrected chi connectivity index (χ1v) is 9.37. The summed E-state index contributed by atoms with van der Waals surface area (Å²) in [4.78, 5) is 14.5. The molecule has 0 fully saturated rings. The van der Waals surface area contributed by atoms with E-state index in [9.17, 15) is 4.79 Å². The third-order valence-electron chi connectivity index (χ3n) is 4.12. The first kappa shape index (κ1) is 19.0. The maximum Gasteiger partial charge on any atom is 0.286 e. The molecule has 3 aromatic rings. The second-order valence-electron chi connectivity index (χ2n) is 6.28. The van der Waals surface area contributed by atoms with Crippen molar-refractivity contribution < 1.29 is 9.53 Å². The number of anilines is 1. The topological polar surface area (TPSA) is 67.3 Å². The Morgan fingerprint density at radius 1 is 1.11 bits per heavy atom. The summed E-state index contributed by atoms with van der Waals surface area (Å²) in [7, 11) is 3.64. The molecular formula is C20H22N4O2S. The van der Waals surface area contributed by atoms with Gasteiger partial charge in [0, 0.05) is 12.2 Å². The molecule has 1 N–H and O–H groups in total. The predicted molar refractivity (Wildman–Crippen MR) is 107 cm³/mol. The monoisotopic (exact) mass is 382 g/mol. The zero-order valence-corrected chi connectivity index (χ0v) is 16.4. The van der Waals surface area contributed by atoms with Gasteiger partial charge in [0.2, 0.25) is 5.01 Å². The summed E-state index contributed by atoms with van der Waals surface area (Å²) < 4.78 is 5.11. The van der Waals surface area contributed by atoms with Gasteiger partial charge in [0.15, 0.2) is 0 Å². The van der Waals surface area contributed by atoms with Gasteiger partial charge in [-0.05, 0) is 49.4 Å². The fourth-order valence-corrected chi connectivity index (χ4v) is 3.45. The normalized spacial score (nSPS) is 10.8. The summed E-state index contributed by atoms with van der Waals surface area (Å²) in [6.07, 6.45) is 0. The van der Waals surface area contributed by atoms with Crippen LogP contribution in [0.15, 0.2) is 48.5 Å². The molecule has 0 saturated heterocycles.